The minimum atomic E-state index is 0.885. The Bertz CT molecular complexity index is 295. The van der Waals surface area contributed by atoms with Gasteiger partial charge in [0.1, 0.15) is 0 Å². The van der Waals surface area contributed by atoms with Crippen molar-refractivity contribution in [3.8, 4) is 0 Å². The summed E-state index contributed by atoms with van der Waals surface area (Å²) in [5.41, 5.74) is 1.32. The van der Waals surface area contributed by atoms with Crippen molar-refractivity contribution in [2.24, 2.45) is 0 Å². The number of anilines is 1. The Kier molecular flexibility index (Phi) is 7.15. The van der Waals surface area contributed by atoms with E-state index in [2.05, 4.69) is 54.1 Å². The number of hydrogen-bond acceptors (Lipinski definition) is 2. The molecule has 0 saturated heterocycles. The molecule has 0 aliphatic rings. The molecule has 0 saturated carbocycles. The smallest absolute Gasteiger partial charge is 0.0366 e. The van der Waals surface area contributed by atoms with Crippen molar-refractivity contribution in [3.05, 3.63) is 43.0 Å². The maximum absolute atomic E-state index is 3.71. The molecular formula is C15H24N2. The average Bonchev–Trinajstić information content (AvgIpc) is 2.39. The summed E-state index contributed by atoms with van der Waals surface area (Å²) in [4.78, 5) is 2.44. The minimum Gasteiger partial charge on any atom is -0.370 e. The second-order valence-electron chi connectivity index (χ2n) is 4.17. The first kappa shape index (κ1) is 13.8. The number of nitrogens with one attached hydrogen (secondary N) is 1. The third kappa shape index (κ3) is 5.55. The standard InChI is InChI=1S/C15H24N2/c1-3-5-13-17(14-12-16-11-4-2)15-9-7-6-8-10-15/h4,6-10,16H,2-3,5,11-14H2,1H3. The molecule has 2 nitrogen and oxygen atoms in total. The van der Waals surface area contributed by atoms with Crippen molar-refractivity contribution < 1.29 is 0 Å². The average molecular weight is 232 g/mol. The summed E-state index contributed by atoms with van der Waals surface area (Å²) in [5.74, 6) is 0. The van der Waals surface area contributed by atoms with Crippen LogP contribution >= 0.6 is 0 Å². The fraction of sp³-hybridized carbons (Fsp3) is 0.467. The summed E-state index contributed by atoms with van der Waals surface area (Å²) < 4.78 is 0. The van der Waals surface area contributed by atoms with Crippen molar-refractivity contribution in [2.45, 2.75) is 19.8 Å². The zero-order chi connectivity index (χ0) is 12.3. The molecule has 0 unspecified atom stereocenters. The second kappa shape index (κ2) is 8.82. The number of nitrogens with zero attached hydrogens (tertiary/aromatic N) is 1. The molecule has 94 valence electrons. The fourth-order valence-electron chi connectivity index (χ4n) is 1.78. The summed E-state index contributed by atoms with van der Waals surface area (Å²) >= 11 is 0. The van der Waals surface area contributed by atoms with E-state index in [4.69, 9.17) is 0 Å². The molecule has 0 aromatic heterocycles. The Morgan fingerprint density at radius 1 is 1.24 bits per heavy atom. The van der Waals surface area contributed by atoms with E-state index in [9.17, 15) is 0 Å². The lowest BCUT2D eigenvalue weighted by molar-refractivity contribution is 0.669. The maximum Gasteiger partial charge on any atom is 0.0366 e. The van der Waals surface area contributed by atoms with Gasteiger partial charge in [0.05, 0.1) is 0 Å². The van der Waals surface area contributed by atoms with Crippen LogP contribution in [-0.4, -0.2) is 26.2 Å². The van der Waals surface area contributed by atoms with Gasteiger partial charge < -0.3 is 10.2 Å². The van der Waals surface area contributed by atoms with Gasteiger partial charge >= 0.3 is 0 Å². The molecule has 17 heavy (non-hydrogen) atoms. The first-order valence-corrected chi connectivity index (χ1v) is 6.50. The highest BCUT2D eigenvalue weighted by Crippen LogP contribution is 2.13. The van der Waals surface area contributed by atoms with Crippen molar-refractivity contribution >= 4 is 5.69 Å². The number of unbranched alkanes of at least 4 members (excludes halogenated alkanes) is 1. The number of benzene rings is 1. The van der Waals surface area contributed by atoms with Gasteiger partial charge in [-0.2, -0.15) is 0 Å². The molecule has 0 bridgehead atoms. The summed E-state index contributed by atoms with van der Waals surface area (Å²) in [7, 11) is 0. The van der Waals surface area contributed by atoms with E-state index in [0.29, 0.717) is 0 Å². The predicted octanol–water partition coefficient (Wildman–Crippen LogP) is 3.07. The van der Waals surface area contributed by atoms with Crippen molar-refractivity contribution in [2.75, 3.05) is 31.1 Å². The van der Waals surface area contributed by atoms with Crippen LogP contribution < -0.4 is 10.2 Å². The van der Waals surface area contributed by atoms with Gasteiger partial charge in [0.25, 0.3) is 0 Å². The predicted molar refractivity (Wildman–Crippen MR) is 76.6 cm³/mol. The minimum absolute atomic E-state index is 0.885. The Hall–Kier alpha value is -1.28. The quantitative estimate of drug-likeness (QED) is 0.520. The van der Waals surface area contributed by atoms with Crippen LogP contribution in [0.2, 0.25) is 0 Å². The molecule has 0 heterocycles. The molecule has 2 heteroatoms. The monoisotopic (exact) mass is 232 g/mol. The highest BCUT2D eigenvalue weighted by molar-refractivity contribution is 5.45. The SMILES string of the molecule is C=CCNCCN(CCCC)c1ccccc1. The number of para-hydroxylation sites is 1. The fourth-order valence-corrected chi connectivity index (χ4v) is 1.78. The first-order valence-electron chi connectivity index (χ1n) is 6.50. The summed E-state index contributed by atoms with van der Waals surface area (Å²) in [6.45, 7) is 10.0. The first-order chi connectivity index (χ1) is 8.38. The Morgan fingerprint density at radius 2 is 2.00 bits per heavy atom. The lowest BCUT2D eigenvalue weighted by Crippen LogP contribution is -2.32. The van der Waals surface area contributed by atoms with Crippen LogP contribution in [0.3, 0.4) is 0 Å². The normalized spacial score (nSPS) is 10.2. The number of rotatable bonds is 9. The van der Waals surface area contributed by atoms with Crippen LogP contribution in [0.15, 0.2) is 43.0 Å². The molecule has 1 rings (SSSR count). The van der Waals surface area contributed by atoms with Crippen molar-refractivity contribution in [3.63, 3.8) is 0 Å². The highest BCUT2D eigenvalue weighted by Gasteiger charge is 2.04. The lowest BCUT2D eigenvalue weighted by Gasteiger charge is -2.24. The zero-order valence-electron chi connectivity index (χ0n) is 10.9. The van der Waals surface area contributed by atoms with E-state index in [-0.39, 0.29) is 0 Å². The van der Waals surface area contributed by atoms with E-state index in [1.54, 1.807) is 0 Å². The summed E-state index contributed by atoms with van der Waals surface area (Å²) in [5, 5.41) is 3.35. The van der Waals surface area contributed by atoms with Gasteiger partial charge in [-0.25, -0.2) is 0 Å². The van der Waals surface area contributed by atoms with Crippen LogP contribution in [0.25, 0.3) is 0 Å². The van der Waals surface area contributed by atoms with Crippen LogP contribution in [-0.2, 0) is 0 Å². The van der Waals surface area contributed by atoms with Crippen LogP contribution in [0.4, 0.5) is 5.69 Å². The molecule has 0 spiro atoms. The van der Waals surface area contributed by atoms with E-state index in [1.165, 1.54) is 18.5 Å². The van der Waals surface area contributed by atoms with Gasteiger partial charge in [-0.05, 0) is 18.6 Å². The molecule has 1 aromatic rings. The molecule has 1 aromatic carbocycles. The van der Waals surface area contributed by atoms with Gasteiger partial charge in [0.15, 0.2) is 0 Å². The van der Waals surface area contributed by atoms with Gasteiger partial charge in [-0.15, -0.1) is 6.58 Å². The second-order valence-corrected chi connectivity index (χ2v) is 4.17. The Balaban J connectivity index is 2.45. The Morgan fingerprint density at radius 3 is 2.65 bits per heavy atom. The molecule has 0 amide bonds. The molecule has 0 aliphatic carbocycles. The van der Waals surface area contributed by atoms with Crippen LogP contribution in [0, 0.1) is 0 Å². The van der Waals surface area contributed by atoms with E-state index >= 15 is 0 Å². The molecule has 0 atom stereocenters. The van der Waals surface area contributed by atoms with Gasteiger partial charge in [-0.1, -0.05) is 37.6 Å². The molecule has 0 fully saturated rings. The molecular weight excluding hydrogens is 208 g/mol. The lowest BCUT2D eigenvalue weighted by atomic mass is 10.2. The van der Waals surface area contributed by atoms with E-state index < -0.39 is 0 Å². The topological polar surface area (TPSA) is 15.3 Å². The summed E-state index contributed by atoms with van der Waals surface area (Å²) in [6.07, 6.45) is 4.39. The van der Waals surface area contributed by atoms with E-state index in [0.717, 1.165) is 26.2 Å². The van der Waals surface area contributed by atoms with Crippen molar-refractivity contribution in [1.82, 2.24) is 5.32 Å². The third-order valence-electron chi connectivity index (χ3n) is 2.75. The third-order valence-corrected chi connectivity index (χ3v) is 2.75. The van der Waals surface area contributed by atoms with Crippen LogP contribution in [0.5, 0.6) is 0 Å². The highest BCUT2D eigenvalue weighted by atomic mass is 15.1. The number of hydrogen-bond donors (Lipinski definition) is 1. The maximum atomic E-state index is 3.71. The van der Waals surface area contributed by atoms with Gasteiger partial charge in [-0.3, -0.25) is 0 Å². The zero-order valence-corrected chi connectivity index (χ0v) is 10.9. The van der Waals surface area contributed by atoms with Gasteiger partial charge in [0, 0.05) is 31.9 Å². The van der Waals surface area contributed by atoms with Gasteiger partial charge in [0.2, 0.25) is 0 Å². The molecule has 0 radical (unpaired) electrons. The summed E-state index contributed by atoms with van der Waals surface area (Å²) in [6, 6.07) is 10.6. The Labute approximate surface area is 105 Å². The van der Waals surface area contributed by atoms with E-state index in [1.807, 2.05) is 6.08 Å². The van der Waals surface area contributed by atoms with Crippen molar-refractivity contribution in [1.29, 1.82) is 0 Å². The van der Waals surface area contributed by atoms with Crippen LogP contribution in [0.1, 0.15) is 19.8 Å². The largest absolute Gasteiger partial charge is 0.370 e. The molecule has 0 aliphatic heterocycles. The molecule has 1 N–H and O–H groups in total.